The van der Waals surface area contributed by atoms with E-state index in [4.69, 9.17) is 10.1 Å². The summed E-state index contributed by atoms with van der Waals surface area (Å²) in [6.07, 6.45) is 1.40. The Morgan fingerprint density at radius 1 is 0.786 bits per heavy atom. The van der Waals surface area contributed by atoms with Crippen molar-refractivity contribution in [3.8, 4) is 5.75 Å². The second kappa shape index (κ2) is 9.00. The molecule has 144 valence electrons. The molecule has 0 atom stereocenters. The van der Waals surface area contributed by atoms with Crippen LogP contribution in [0.1, 0.15) is 11.1 Å². The summed E-state index contributed by atoms with van der Waals surface area (Å²) in [6, 6.07) is 22.8. The molecule has 28 heavy (non-hydrogen) atoms. The van der Waals surface area contributed by atoms with Crippen LogP contribution in [-0.2, 0) is 6.54 Å². The van der Waals surface area contributed by atoms with Gasteiger partial charge in [0.2, 0.25) is 0 Å². The van der Waals surface area contributed by atoms with Crippen LogP contribution in [0.5, 0.6) is 5.75 Å². The number of ether oxygens (including phenoxy) is 1. The summed E-state index contributed by atoms with van der Waals surface area (Å²) in [4.78, 5) is 5.01. The monoisotopic (exact) mass is 373 g/mol. The van der Waals surface area contributed by atoms with E-state index < -0.39 is 0 Å². The topological polar surface area (TPSA) is 39.6 Å². The van der Waals surface area contributed by atoms with Crippen molar-refractivity contribution in [2.24, 2.45) is 0 Å². The summed E-state index contributed by atoms with van der Waals surface area (Å²) in [5.41, 5.74) is 2.32. The Bertz CT molecular complexity index is 918. The molecule has 3 aromatic carbocycles. The van der Waals surface area contributed by atoms with Crippen molar-refractivity contribution >= 4 is 17.0 Å². The van der Waals surface area contributed by atoms with Gasteiger partial charge in [-0.3, -0.25) is 9.80 Å². The first-order valence-corrected chi connectivity index (χ1v) is 9.97. The fraction of sp³-hybridized carbons (Fsp3) is 0.292. The van der Waals surface area contributed by atoms with Crippen LogP contribution in [-0.4, -0.2) is 55.3 Å². The molecule has 0 aromatic heterocycles. The molecule has 1 aliphatic heterocycles. The van der Waals surface area contributed by atoms with Crippen LogP contribution in [0.3, 0.4) is 0 Å². The van der Waals surface area contributed by atoms with E-state index in [-0.39, 0.29) is 0 Å². The molecule has 0 unspecified atom stereocenters. The van der Waals surface area contributed by atoms with Crippen LogP contribution >= 0.6 is 0 Å². The molecule has 1 heterocycles. The average molecular weight is 374 g/mol. The minimum absolute atomic E-state index is 0.687. The minimum atomic E-state index is 0.687. The molecule has 0 radical (unpaired) electrons. The van der Waals surface area contributed by atoms with E-state index >= 15 is 0 Å². The molecule has 4 heteroatoms. The third kappa shape index (κ3) is 4.41. The Morgan fingerprint density at radius 2 is 1.46 bits per heavy atom. The van der Waals surface area contributed by atoms with Gasteiger partial charge in [0.1, 0.15) is 12.4 Å². The fourth-order valence-corrected chi connectivity index (χ4v) is 3.84. The van der Waals surface area contributed by atoms with Crippen molar-refractivity contribution in [1.29, 1.82) is 5.41 Å². The van der Waals surface area contributed by atoms with Gasteiger partial charge in [-0.1, -0.05) is 54.6 Å². The Morgan fingerprint density at radius 3 is 2.21 bits per heavy atom. The van der Waals surface area contributed by atoms with Gasteiger partial charge >= 0.3 is 0 Å². The summed E-state index contributed by atoms with van der Waals surface area (Å²) in [5.74, 6) is 0.906. The van der Waals surface area contributed by atoms with Crippen LogP contribution in [0.2, 0.25) is 0 Å². The van der Waals surface area contributed by atoms with Gasteiger partial charge in [0.05, 0.1) is 0 Å². The Kier molecular flexibility index (Phi) is 6.00. The SMILES string of the molecule is N=Cc1ccc(OCCN2CCN(Cc3ccccc3)CC2)c2ccccc12. The Balaban J connectivity index is 1.27. The van der Waals surface area contributed by atoms with Crippen LogP contribution in [0, 0.1) is 5.41 Å². The second-order valence-electron chi connectivity index (χ2n) is 7.29. The van der Waals surface area contributed by atoms with Crippen molar-refractivity contribution in [1.82, 2.24) is 9.80 Å². The van der Waals surface area contributed by atoms with Crippen molar-refractivity contribution in [2.45, 2.75) is 6.54 Å². The second-order valence-corrected chi connectivity index (χ2v) is 7.29. The number of hydrogen-bond donors (Lipinski definition) is 1. The number of benzene rings is 3. The van der Waals surface area contributed by atoms with Gasteiger partial charge in [0.25, 0.3) is 0 Å². The zero-order valence-corrected chi connectivity index (χ0v) is 16.2. The Hall–Kier alpha value is -2.69. The number of piperazine rings is 1. The van der Waals surface area contributed by atoms with Crippen LogP contribution in [0.15, 0.2) is 66.7 Å². The fourth-order valence-electron chi connectivity index (χ4n) is 3.84. The zero-order valence-electron chi connectivity index (χ0n) is 16.2. The van der Waals surface area contributed by atoms with E-state index in [1.54, 1.807) is 0 Å². The maximum absolute atomic E-state index is 7.58. The molecular formula is C24H27N3O. The van der Waals surface area contributed by atoms with E-state index in [1.165, 1.54) is 11.8 Å². The number of nitrogens with one attached hydrogen (secondary N) is 1. The number of fused-ring (bicyclic) bond motifs is 1. The highest BCUT2D eigenvalue weighted by Gasteiger charge is 2.17. The number of rotatable bonds is 7. The van der Waals surface area contributed by atoms with E-state index in [9.17, 15) is 0 Å². The van der Waals surface area contributed by atoms with E-state index in [0.29, 0.717) is 6.61 Å². The lowest BCUT2D eigenvalue weighted by Gasteiger charge is -2.34. The molecule has 4 rings (SSSR count). The molecular weight excluding hydrogens is 346 g/mol. The highest BCUT2D eigenvalue weighted by Crippen LogP contribution is 2.27. The Labute approximate surface area is 166 Å². The molecule has 1 N–H and O–H groups in total. The average Bonchev–Trinajstić information content (AvgIpc) is 2.76. The van der Waals surface area contributed by atoms with Crippen molar-refractivity contribution in [3.63, 3.8) is 0 Å². The maximum atomic E-state index is 7.58. The summed E-state index contributed by atoms with van der Waals surface area (Å²) in [6.45, 7) is 7.05. The third-order valence-corrected chi connectivity index (χ3v) is 5.45. The normalized spacial score (nSPS) is 15.6. The first-order valence-electron chi connectivity index (χ1n) is 9.97. The molecule has 1 fully saturated rings. The molecule has 0 aliphatic carbocycles. The van der Waals surface area contributed by atoms with Gasteiger partial charge in [-0.25, -0.2) is 0 Å². The summed E-state index contributed by atoms with van der Waals surface area (Å²) >= 11 is 0. The summed E-state index contributed by atoms with van der Waals surface area (Å²) in [5, 5.41) is 9.73. The molecule has 1 aliphatic rings. The van der Waals surface area contributed by atoms with Gasteiger partial charge in [-0.2, -0.15) is 0 Å². The standard InChI is InChI=1S/C24H27N3O/c25-18-21-10-11-24(23-9-5-4-8-22(21)23)28-17-16-26-12-14-27(15-13-26)19-20-6-2-1-3-7-20/h1-11,18,25H,12-17,19H2. The first-order chi connectivity index (χ1) is 13.8. The van der Waals surface area contributed by atoms with Crippen LogP contribution < -0.4 is 4.74 Å². The van der Waals surface area contributed by atoms with Gasteiger partial charge in [0, 0.05) is 56.4 Å². The van der Waals surface area contributed by atoms with Gasteiger partial charge in [-0.15, -0.1) is 0 Å². The third-order valence-electron chi connectivity index (χ3n) is 5.45. The minimum Gasteiger partial charge on any atom is -0.492 e. The highest BCUT2D eigenvalue weighted by atomic mass is 16.5. The molecule has 0 amide bonds. The van der Waals surface area contributed by atoms with E-state index in [0.717, 1.165) is 61.4 Å². The molecule has 1 saturated heterocycles. The van der Waals surface area contributed by atoms with E-state index in [1.807, 2.05) is 24.3 Å². The first kappa shape index (κ1) is 18.7. The molecule has 0 spiro atoms. The lowest BCUT2D eigenvalue weighted by Crippen LogP contribution is -2.47. The molecule has 0 saturated carbocycles. The molecule has 3 aromatic rings. The van der Waals surface area contributed by atoms with Crippen LogP contribution in [0.25, 0.3) is 10.8 Å². The predicted molar refractivity (Wildman–Crippen MR) is 115 cm³/mol. The van der Waals surface area contributed by atoms with Gasteiger partial charge < -0.3 is 10.1 Å². The quantitative estimate of drug-likeness (QED) is 0.636. The van der Waals surface area contributed by atoms with Crippen molar-refractivity contribution in [3.05, 3.63) is 77.9 Å². The lowest BCUT2D eigenvalue weighted by atomic mass is 10.0. The van der Waals surface area contributed by atoms with Crippen molar-refractivity contribution < 1.29 is 4.74 Å². The zero-order chi connectivity index (χ0) is 19.2. The van der Waals surface area contributed by atoms with Crippen molar-refractivity contribution in [2.75, 3.05) is 39.3 Å². The van der Waals surface area contributed by atoms with Gasteiger partial charge in [-0.05, 0) is 23.1 Å². The molecule has 4 nitrogen and oxygen atoms in total. The lowest BCUT2D eigenvalue weighted by molar-refractivity contribution is 0.113. The highest BCUT2D eigenvalue weighted by molar-refractivity contribution is 6.01. The largest absolute Gasteiger partial charge is 0.492 e. The summed E-state index contributed by atoms with van der Waals surface area (Å²) in [7, 11) is 0. The van der Waals surface area contributed by atoms with Crippen LogP contribution in [0.4, 0.5) is 0 Å². The van der Waals surface area contributed by atoms with Gasteiger partial charge in [0.15, 0.2) is 0 Å². The number of hydrogen-bond acceptors (Lipinski definition) is 4. The number of nitrogens with zero attached hydrogens (tertiary/aromatic N) is 2. The predicted octanol–water partition coefficient (Wildman–Crippen LogP) is 4.03. The van der Waals surface area contributed by atoms with E-state index in [2.05, 4.69) is 52.3 Å². The molecule has 0 bridgehead atoms. The smallest absolute Gasteiger partial charge is 0.127 e. The maximum Gasteiger partial charge on any atom is 0.127 e. The summed E-state index contributed by atoms with van der Waals surface area (Å²) < 4.78 is 6.11.